The summed E-state index contributed by atoms with van der Waals surface area (Å²) >= 11 is 0. The van der Waals surface area contributed by atoms with Crippen LogP contribution < -0.4 is 5.43 Å². The molecule has 0 saturated carbocycles. The van der Waals surface area contributed by atoms with Crippen molar-refractivity contribution in [3.63, 3.8) is 0 Å². The SMILES string of the molecule is C/C(=N/Nc1ncnc2c1ncn2[C@@H]1O[C@H](CO)C(O)C1O)c1cccnc1. The third-order valence-electron chi connectivity index (χ3n) is 4.56. The van der Waals surface area contributed by atoms with Gasteiger partial charge in [-0.3, -0.25) is 15.0 Å². The van der Waals surface area contributed by atoms with Gasteiger partial charge in [0.1, 0.15) is 24.6 Å². The van der Waals surface area contributed by atoms with E-state index in [0.29, 0.717) is 22.7 Å². The molecule has 0 aliphatic carbocycles. The lowest BCUT2D eigenvalue weighted by molar-refractivity contribution is -0.0511. The van der Waals surface area contributed by atoms with Gasteiger partial charge in [0.25, 0.3) is 0 Å². The standard InChI is InChI=1S/C17H19N7O4/c1-9(10-3-2-4-18-5-10)22-23-15-12-16(20-7-19-15)24(8-21-12)17-14(27)13(26)11(6-25)28-17/h2-5,7-8,11,13-14,17,25-27H,6H2,1H3,(H,19,20,23)/b22-9-/t11-,13?,14?,17-/m1/s1. The minimum absolute atomic E-state index is 0.374. The van der Waals surface area contributed by atoms with Crippen molar-refractivity contribution in [3.8, 4) is 0 Å². The molecule has 1 aliphatic rings. The number of hydrogen-bond donors (Lipinski definition) is 4. The number of aliphatic hydroxyl groups is 3. The number of hydrogen-bond acceptors (Lipinski definition) is 10. The average molecular weight is 385 g/mol. The lowest BCUT2D eigenvalue weighted by atomic mass is 10.1. The number of fused-ring (bicyclic) bond motifs is 1. The third kappa shape index (κ3) is 3.20. The van der Waals surface area contributed by atoms with E-state index in [2.05, 4.69) is 30.5 Å². The highest BCUT2D eigenvalue weighted by Crippen LogP contribution is 2.32. The molecule has 1 saturated heterocycles. The van der Waals surface area contributed by atoms with E-state index >= 15 is 0 Å². The summed E-state index contributed by atoms with van der Waals surface area (Å²) < 4.78 is 7.03. The molecule has 28 heavy (non-hydrogen) atoms. The molecule has 3 aromatic rings. The van der Waals surface area contributed by atoms with Gasteiger partial charge in [-0.2, -0.15) is 5.10 Å². The van der Waals surface area contributed by atoms with Crippen LogP contribution in [0.2, 0.25) is 0 Å². The van der Waals surface area contributed by atoms with Crippen LogP contribution in [-0.4, -0.2) is 70.5 Å². The van der Waals surface area contributed by atoms with Crippen LogP contribution in [0.3, 0.4) is 0 Å². The lowest BCUT2D eigenvalue weighted by Crippen LogP contribution is -2.33. The summed E-state index contributed by atoms with van der Waals surface area (Å²) in [7, 11) is 0. The van der Waals surface area contributed by atoms with Gasteiger partial charge >= 0.3 is 0 Å². The van der Waals surface area contributed by atoms with Gasteiger partial charge in [0, 0.05) is 18.0 Å². The average Bonchev–Trinajstić information content (AvgIpc) is 3.28. The van der Waals surface area contributed by atoms with E-state index in [1.165, 1.54) is 17.2 Å². The van der Waals surface area contributed by atoms with Crippen molar-refractivity contribution in [3.05, 3.63) is 42.7 Å². The maximum Gasteiger partial charge on any atom is 0.177 e. The molecule has 1 fully saturated rings. The molecule has 0 radical (unpaired) electrons. The zero-order valence-corrected chi connectivity index (χ0v) is 14.9. The van der Waals surface area contributed by atoms with Gasteiger partial charge in [-0.1, -0.05) is 6.07 Å². The second kappa shape index (κ2) is 7.56. The van der Waals surface area contributed by atoms with E-state index in [1.807, 2.05) is 19.1 Å². The second-order valence-corrected chi connectivity index (χ2v) is 6.33. The van der Waals surface area contributed by atoms with Crippen molar-refractivity contribution in [2.75, 3.05) is 12.0 Å². The quantitative estimate of drug-likeness (QED) is 0.342. The van der Waals surface area contributed by atoms with Crippen LogP contribution in [0.25, 0.3) is 11.2 Å². The van der Waals surface area contributed by atoms with Gasteiger partial charge in [-0.05, 0) is 13.0 Å². The lowest BCUT2D eigenvalue weighted by Gasteiger charge is -2.16. The fraction of sp³-hybridized carbons (Fsp3) is 0.353. The summed E-state index contributed by atoms with van der Waals surface area (Å²) in [6, 6.07) is 3.71. The van der Waals surface area contributed by atoms with Gasteiger partial charge in [-0.25, -0.2) is 15.0 Å². The predicted molar refractivity (Wildman–Crippen MR) is 98.4 cm³/mol. The number of ether oxygens (including phenoxy) is 1. The van der Waals surface area contributed by atoms with E-state index in [-0.39, 0.29) is 0 Å². The van der Waals surface area contributed by atoms with Crippen LogP contribution in [0, 0.1) is 0 Å². The topological polar surface area (TPSA) is 151 Å². The molecule has 0 amide bonds. The molecule has 1 aliphatic heterocycles. The number of nitrogens with zero attached hydrogens (tertiary/aromatic N) is 6. The highest BCUT2D eigenvalue weighted by molar-refractivity contribution is 5.99. The second-order valence-electron chi connectivity index (χ2n) is 6.33. The molecule has 3 aromatic heterocycles. The first-order valence-corrected chi connectivity index (χ1v) is 8.61. The minimum Gasteiger partial charge on any atom is -0.394 e. The first kappa shape index (κ1) is 18.4. The van der Waals surface area contributed by atoms with E-state index in [1.54, 1.807) is 12.4 Å². The van der Waals surface area contributed by atoms with Crippen molar-refractivity contribution in [1.82, 2.24) is 24.5 Å². The zero-order chi connectivity index (χ0) is 19.7. The van der Waals surface area contributed by atoms with Gasteiger partial charge in [0.2, 0.25) is 0 Å². The number of nitrogens with one attached hydrogen (secondary N) is 1. The maximum atomic E-state index is 10.2. The van der Waals surface area contributed by atoms with Gasteiger partial charge in [0.05, 0.1) is 18.6 Å². The number of hydrazone groups is 1. The van der Waals surface area contributed by atoms with Crippen LogP contribution in [0.5, 0.6) is 0 Å². The summed E-state index contributed by atoms with van der Waals surface area (Å²) in [5.74, 6) is 0.374. The highest BCUT2D eigenvalue weighted by Gasteiger charge is 2.44. The van der Waals surface area contributed by atoms with Crippen molar-refractivity contribution >= 4 is 22.7 Å². The molecule has 4 N–H and O–H groups in total. The summed E-state index contributed by atoms with van der Waals surface area (Å²) in [5.41, 5.74) is 5.25. The number of rotatable bonds is 5. The number of pyridine rings is 1. The van der Waals surface area contributed by atoms with Crippen LogP contribution in [0.15, 0.2) is 42.3 Å². The summed E-state index contributed by atoms with van der Waals surface area (Å²) in [5, 5.41) is 33.8. The van der Waals surface area contributed by atoms with Crippen LogP contribution in [0.4, 0.5) is 5.82 Å². The number of imidazole rings is 1. The zero-order valence-electron chi connectivity index (χ0n) is 14.9. The van der Waals surface area contributed by atoms with Crippen molar-refractivity contribution < 1.29 is 20.1 Å². The molecule has 4 heterocycles. The Balaban J connectivity index is 1.63. The fourth-order valence-electron chi connectivity index (χ4n) is 3.01. The monoisotopic (exact) mass is 385 g/mol. The third-order valence-corrected chi connectivity index (χ3v) is 4.56. The normalized spacial score (nSPS) is 25.4. The molecular weight excluding hydrogens is 366 g/mol. The molecule has 11 heteroatoms. The van der Waals surface area contributed by atoms with Crippen LogP contribution in [-0.2, 0) is 4.74 Å². The van der Waals surface area contributed by atoms with Gasteiger partial charge in [-0.15, -0.1) is 0 Å². The van der Waals surface area contributed by atoms with Gasteiger partial charge < -0.3 is 20.1 Å². The summed E-state index contributed by atoms with van der Waals surface area (Å²) in [6.07, 6.45) is 1.89. The molecule has 4 atom stereocenters. The number of aromatic nitrogens is 5. The molecular formula is C17H19N7O4. The Morgan fingerprint density at radius 1 is 1.29 bits per heavy atom. The molecule has 0 bridgehead atoms. The summed E-state index contributed by atoms with van der Waals surface area (Å²) in [4.78, 5) is 16.7. The molecule has 2 unspecified atom stereocenters. The molecule has 11 nitrogen and oxygen atoms in total. The Kier molecular flexibility index (Phi) is 4.96. The number of anilines is 1. The Morgan fingerprint density at radius 3 is 2.86 bits per heavy atom. The highest BCUT2D eigenvalue weighted by atomic mass is 16.6. The van der Waals surface area contributed by atoms with E-state index in [0.717, 1.165) is 5.56 Å². The van der Waals surface area contributed by atoms with E-state index < -0.39 is 31.1 Å². The molecule has 0 aromatic carbocycles. The van der Waals surface area contributed by atoms with E-state index in [9.17, 15) is 15.3 Å². The smallest absolute Gasteiger partial charge is 0.177 e. The van der Waals surface area contributed by atoms with Crippen LogP contribution >= 0.6 is 0 Å². The minimum atomic E-state index is -1.23. The Hall–Kier alpha value is -2.99. The van der Waals surface area contributed by atoms with E-state index in [4.69, 9.17) is 4.74 Å². The largest absolute Gasteiger partial charge is 0.394 e. The van der Waals surface area contributed by atoms with Crippen molar-refractivity contribution in [2.24, 2.45) is 5.10 Å². The Labute approximate surface area is 159 Å². The predicted octanol–water partition coefficient (Wildman–Crippen LogP) is -0.331. The van der Waals surface area contributed by atoms with Crippen LogP contribution in [0.1, 0.15) is 18.7 Å². The van der Waals surface area contributed by atoms with Crippen molar-refractivity contribution in [2.45, 2.75) is 31.5 Å². The van der Waals surface area contributed by atoms with Crippen molar-refractivity contribution in [1.29, 1.82) is 0 Å². The molecule has 4 rings (SSSR count). The Bertz CT molecular complexity index is 994. The first-order chi connectivity index (χ1) is 13.6. The molecule has 0 spiro atoms. The maximum absolute atomic E-state index is 10.2. The summed E-state index contributed by atoms with van der Waals surface area (Å²) in [6.45, 7) is 1.42. The first-order valence-electron chi connectivity index (χ1n) is 8.61. The Morgan fingerprint density at radius 2 is 2.14 bits per heavy atom. The number of aliphatic hydroxyl groups excluding tert-OH is 3. The fourth-order valence-corrected chi connectivity index (χ4v) is 3.01. The van der Waals surface area contributed by atoms with Gasteiger partial charge in [0.15, 0.2) is 23.2 Å². The molecule has 146 valence electrons.